The van der Waals surface area contributed by atoms with Crippen LogP contribution in [0.2, 0.25) is 0 Å². The molecule has 0 fully saturated rings. The van der Waals surface area contributed by atoms with Crippen LogP contribution >= 0.6 is 0 Å². The number of benzene rings is 2. The molecule has 0 radical (unpaired) electrons. The number of nitrogens with one attached hydrogen (secondary N) is 1. The van der Waals surface area contributed by atoms with Crippen molar-refractivity contribution < 1.29 is 22.8 Å². The maximum atomic E-state index is 13.4. The molecule has 0 aromatic heterocycles. The lowest BCUT2D eigenvalue weighted by molar-refractivity contribution is -0.141. The minimum absolute atomic E-state index is 0.0428. The minimum atomic E-state index is -4.01. The summed E-state index contributed by atoms with van der Waals surface area (Å²) in [6.45, 7) is 7.58. The van der Waals surface area contributed by atoms with E-state index in [4.69, 9.17) is 0 Å². The van der Waals surface area contributed by atoms with Gasteiger partial charge in [0.25, 0.3) is 15.9 Å². The third-order valence-electron chi connectivity index (χ3n) is 6.30. The molecule has 2 unspecified atom stereocenters. The van der Waals surface area contributed by atoms with E-state index < -0.39 is 27.9 Å². The number of aryl methyl sites for hydroxylation is 1. The summed E-state index contributed by atoms with van der Waals surface area (Å²) in [6.07, 6.45) is 0.924. The van der Waals surface area contributed by atoms with E-state index in [1.165, 1.54) is 17.0 Å². The van der Waals surface area contributed by atoms with E-state index >= 15 is 0 Å². The summed E-state index contributed by atoms with van der Waals surface area (Å²) in [4.78, 5) is 40.6. The number of rotatable bonds is 10. The van der Waals surface area contributed by atoms with Crippen molar-refractivity contribution in [2.75, 3.05) is 6.54 Å². The fraction of sp³-hybridized carbons (Fsp3) is 0.423. The average Bonchev–Trinajstić information content (AvgIpc) is 3.03. The molecule has 2 atom stereocenters. The van der Waals surface area contributed by atoms with Gasteiger partial charge in [0.1, 0.15) is 10.9 Å². The molecule has 3 amide bonds. The monoisotopic (exact) mass is 499 g/mol. The standard InChI is InChI=1S/C26H33N3O5S/c1-5-19(4)27-25(31)22(6-2)28(17-20-13-11-18(3)12-14-20)24(30)15-16-29-26(32)21-9-7-8-10-23(21)35(29,33)34/h7-14,19,22H,5-6,15-17H2,1-4H3,(H,27,31). The number of carbonyl (C=O) groups excluding carboxylic acids is 3. The van der Waals surface area contributed by atoms with E-state index in [1.54, 1.807) is 12.1 Å². The molecule has 1 aliphatic heterocycles. The van der Waals surface area contributed by atoms with Crippen molar-refractivity contribution in [1.82, 2.24) is 14.5 Å². The molecule has 1 aliphatic rings. The van der Waals surface area contributed by atoms with Crippen molar-refractivity contribution in [2.24, 2.45) is 0 Å². The number of fused-ring (bicyclic) bond motifs is 1. The second-order valence-corrected chi connectivity index (χ2v) is 10.7. The van der Waals surface area contributed by atoms with E-state index in [1.807, 2.05) is 52.0 Å². The Balaban J connectivity index is 1.82. The molecule has 188 valence electrons. The minimum Gasteiger partial charge on any atom is -0.352 e. The number of carbonyl (C=O) groups is 3. The van der Waals surface area contributed by atoms with Crippen LogP contribution in [0.3, 0.4) is 0 Å². The van der Waals surface area contributed by atoms with Gasteiger partial charge in [-0.2, -0.15) is 0 Å². The summed E-state index contributed by atoms with van der Waals surface area (Å²) in [5.74, 6) is -1.28. The molecule has 0 aliphatic carbocycles. The topological polar surface area (TPSA) is 104 Å². The molecule has 0 saturated heterocycles. The second kappa shape index (κ2) is 11.0. The first kappa shape index (κ1) is 26.4. The van der Waals surface area contributed by atoms with Gasteiger partial charge in [-0.3, -0.25) is 14.4 Å². The van der Waals surface area contributed by atoms with Crippen LogP contribution in [0, 0.1) is 6.92 Å². The zero-order valence-corrected chi connectivity index (χ0v) is 21.5. The lowest BCUT2D eigenvalue weighted by atomic mass is 10.1. The van der Waals surface area contributed by atoms with Crippen molar-refractivity contribution in [1.29, 1.82) is 0 Å². The molecular weight excluding hydrogens is 466 g/mol. The van der Waals surface area contributed by atoms with Crippen molar-refractivity contribution in [3.05, 3.63) is 65.2 Å². The number of hydrogen-bond donors (Lipinski definition) is 1. The number of amides is 3. The third kappa shape index (κ3) is 5.73. The second-order valence-electron chi connectivity index (χ2n) is 8.88. The maximum absolute atomic E-state index is 13.4. The van der Waals surface area contributed by atoms with Crippen LogP contribution < -0.4 is 5.32 Å². The summed E-state index contributed by atoms with van der Waals surface area (Å²) >= 11 is 0. The molecular formula is C26H33N3O5S. The van der Waals surface area contributed by atoms with Crippen molar-refractivity contribution in [2.45, 2.75) is 70.5 Å². The largest absolute Gasteiger partial charge is 0.352 e. The molecule has 0 bridgehead atoms. The first-order valence-electron chi connectivity index (χ1n) is 11.9. The zero-order valence-electron chi connectivity index (χ0n) is 20.7. The quantitative estimate of drug-likeness (QED) is 0.540. The van der Waals surface area contributed by atoms with Crippen LogP contribution in [0.1, 0.15) is 61.5 Å². The van der Waals surface area contributed by atoms with Gasteiger partial charge in [-0.15, -0.1) is 0 Å². The van der Waals surface area contributed by atoms with Crippen molar-refractivity contribution in [3.63, 3.8) is 0 Å². The lowest BCUT2D eigenvalue weighted by Crippen LogP contribution is -2.51. The van der Waals surface area contributed by atoms with Gasteiger partial charge in [0.05, 0.1) is 5.56 Å². The van der Waals surface area contributed by atoms with E-state index in [2.05, 4.69) is 5.32 Å². The zero-order chi connectivity index (χ0) is 25.8. The summed E-state index contributed by atoms with van der Waals surface area (Å²) in [5.41, 5.74) is 2.04. The Morgan fingerprint density at radius 3 is 2.29 bits per heavy atom. The highest BCUT2D eigenvalue weighted by atomic mass is 32.2. The van der Waals surface area contributed by atoms with Gasteiger partial charge in [0.2, 0.25) is 11.8 Å². The Morgan fingerprint density at radius 2 is 1.69 bits per heavy atom. The normalized spacial score (nSPS) is 15.9. The van der Waals surface area contributed by atoms with Gasteiger partial charge in [-0.1, -0.05) is 55.8 Å². The maximum Gasteiger partial charge on any atom is 0.269 e. The van der Waals surface area contributed by atoms with Crippen LogP contribution in [-0.4, -0.2) is 54.0 Å². The lowest BCUT2D eigenvalue weighted by Gasteiger charge is -2.32. The summed E-state index contributed by atoms with van der Waals surface area (Å²) in [5, 5.41) is 2.95. The van der Waals surface area contributed by atoms with Gasteiger partial charge < -0.3 is 10.2 Å². The summed E-state index contributed by atoms with van der Waals surface area (Å²) < 4.78 is 26.5. The summed E-state index contributed by atoms with van der Waals surface area (Å²) in [6, 6.07) is 12.9. The average molecular weight is 500 g/mol. The molecule has 3 rings (SSSR count). The van der Waals surface area contributed by atoms with Crippen LogP contribution in [-0.2, 0) is 26.2 Å². The SMILES string of the molecule is CCC(C)NC(=O)C(CC)N(Cc1ccc(C)cc1)C(=O)CCN1C(=O)c2ccccc2S1(=O)=O. The molecule has 9 heteroatoms. The first-order chi connectivity index (χ1) is 16.6. The highest BCUT2D eigenvalue weighted by Gasteiger charge is 2.41. The molecule has 35 heavy (non-hydrogen) atoms. The van der Waals surface area contributed by atoms with Crippen LogP contribution in [0.5, 0.6) is 0 Å². The Labute approximate surface area is 207 Å². The number of nitrogens with zero attached hydrogens (tertiary/aromatic N) is 2. The fourth-order valence-electron chi connectivity index (χ4n) is 4.04. The van der Waals surface area contributed by atoms with Gasteiger partial charge in [0, 0.05) is 25.6 Å². The Morgan fingerprint density at radius 1 is 1.03 bits per heavy atom. The highest BCUT2D eigenvalue weighted by Crippen LogP contribution is 2.30. The van der Waals surface area contributed by atoms with Gasteiger partial charge >= 0.3 is 0 Å². The Bertz CT molecular complexity index is 1190. The Hall–Kier alpha value is -3.20. The van der Waals surface area contributed by atoms with Crippen LogP contribution in [0.25, 0.3) is 0 Å². The molecule has 1 N–H and O–H groups in total. The van der Waals surface area contributed by atoms with Crippen LogP contribution in [0.15, 0.2) is 53.4 Å². The van der Waals surface area contributed by atoms with Crippen molar-refractivity contribution >= 4 is 27.7 Å². The molecule has 8 nitrogen and oxygen atoms in total. The molecule has 2 aromatic rings. The first-order valence-corrected chi connectivity index (χ1v) is 13.4. The van der Waals surface area contributed by atoms with Gasteiger partial charge in [0.15, 0.2) is 0 Å². The van der Waals surface area contributed by atoms with E-state index in [0.717, 1.165) is 21.9 Å². The van der Waals surface area contributed by atoms with E-state index in [0.29, 0.717) is 6.42 Å². The van der Waals surface area contributed by atoms with Crippen LogP contribution in [0.4, 0.5) is 0 Å². The smallest absolute Gasteiger partial charge is 0.269 e. The highest BCUT2D eigenvalue weighted by molar-refractivity contribution is 7.90. The van der Waals surface area contributed by atoms with E-state index in [-0.39, 0.29) is 41.9 Å². The molecule has 0 spiro atoms. The number of hydrogen-bond acceptors (Lipinski definition) is 5. The molecule has 1 heterocycles. The van der Waals surface area contributed by atoms with E-state index in [9.17, 15) is 22.8 Å². The molecule has 2 aromatic carbocycles. The fourth-order valence-corrected chi connectivity index (χ4v) is 5.61. The third-order valence-corrected chi connectivity index (χ3v) is 8.14. The van der Waals surface area contributed by atoms with Gasteiger partial charge in [-0.05, 0) is 44.4 Å². The summed E-state index contributed by atoms with van der Waals surface area (Å²) in [7, 11) is -4.01. The predicted octanol–water partition coefficient (Wildman–Crippen LogP) is 3.25. The molecule has 0 saturated carbocycles. The number of sulfonamides is 1. The predicted molar refractivity (Wildman–Crippen MR) is 133 cm³/mol. The Kier molecular flexibility index (Phi) is 8.32. The van der Waals surface area contributed by atoms with Crippen molar-refractivity contribution in [3.8, 4) is 0 Å². The van der Waals surface area contributed by atoms with Gasteiger partial charge in [-0.25, -0.2) is 12.7 Å².